The van der Waals surface area contributed by atoms with E-state index in [4.69, 9.17) is 27.9 Å². The molecule has 0 fully saturated rings. The first-order valence-corrected chi connectivity index (χ1v) is 10.6. The fourth-order valence-corrected chi connectivity index (χ4v) is 4.01. The lowest BCUT2D eigenvalue weighted by molar-refractivity contribution is 0.102. The SMILES string of the molecule is COc1ccc(Cl)cc1C(=O)Nc1ccc(S(=O)(=O)Nc2ccccc2Cl)cc1. The second kappa shape index (κ2) is 8.73. The Morgan fingerprint density at radius 1 is 0.966 bits per heavy atom. The van der Waals surface area contributed by atoms with E-state index in [1.54, 1.807) is 36.4 Å². The quantitative estimate of drug-likeness (QED) is 0.549. The standard InChI is InChI=1S/C20H16Cl2N2O4S/c1-28-19-11-6-13(21)12-16(19)20(25)23-14-7-9-15(10-8-14)29(26,27)24-18-5-3-2-4-17(18)22/h2-12,24H,1H3,(H,23,25). The number of hydrogen-bond donors (Lipinski definition) is 2. The average Bonchev–Trinajstić information content (AvgIpc) is 2.70. The van der Waals surface area contributed by atoms with E-state index in [1.807, 2.05) is 0 Å². The number of benzene rings is 3. The normalized spacial score (nSPS) is 11.0. The molecule has 6 nitrogen and oxygen atoms in total. The van der Waals surface area contributed by atoms with Crippen molar-refractivity contribution in [3.63, 3.8) is 0 Å². The molecule has 0 radical (unpaired) electrons. The summed E-state index contributed by atoms with van der Waals surface area (Å²) in [4.78, 5) is 12.5. The van der Waals surface area contributed by atoms with Crippen molar-refractivity contribution >= 4 is 50.5 Å². The topological polar surface area (TPSA) is 84.5 Å². The summed E-state index contributed by atoms with van der Waals surface area (Å²) in [7, 11) is -2.38. The van der Waals surface area contributed by atoms with Gasteiger partial charge in [0.05, 0.1) is 28.3 Å². The summed E-state index contributed by atoms with van der Waals surface area (Å²) in [5.41, 5.74) is 0.949. The van der Waals surface area contributed by atoms with Crippen LogP contribution in [0.5, 0.6) is 5.75 Å². The van der Waals surface area contributed by atoms with E-state index in [0.29, 0.717) is 16.5 Å². The van der Waals surface area contributed by atoms with Crippen molar-refractivity contribution in [1.29, 1.82) is 0 Å². The van der Waals surface area contributed by atoms with Crippen LogP contribution in [0.1, 0.15) is 10.4 Å². The van der Waals surface area contributed by atoms with Gasteiger partial charge in [-0.3, -0.25) is 9.52 Å². The van der Waals surface area contributed by atoms with Gasteiger partial charge in [0, 0.05) is 10.7 Å². The summed E-state index contributed by atoms with van der Waals surface area (Å²) < 4.78 is 32.7. The van der Waals surface area contributed by atoms with Crippen LogP contribution >= 0.6 is 23.2 Å². The first-order valence-electron chi connectivity index (χ1n) is 8.32. The van der Waals surface area contributed by atoms with E-state index in [1.165, 1.54) is 37.4 Å². The van der Waals surface area contributed by atoms with Gasteiger partial charge < -0.3 is 10.1 Å². The molecule has 0 bridgehead atoms. The van der Waals surface area contributed by atoms with Crippen LogP contribution in [0.4, 0.5) is 11.4 Å². The molecule has 0 spiro atoms. The number of anilines is 2. The zero-order chi connectivity index (χ0) is 21.0. The Kier molecular flexibility index (Phi) is 6.32. The molecule has 0 unspecified atom stereocenters. The maximum Gasteiger partial charge on any atom is 0.261 e. The summed E-state index contributed by atoms with van der Waals surface area (Å²) >= 11 is 12.0. The summed E-state index contributed by atoms with van der Waals surface area (Å²) in [5.74, 6) is -0.0656. The Morgan fingerprint density at radius 3 is 2.31 bits per heavy atom. The zero-order valence-corrected chi connectivity index (χ0v) is 17.5. The van der Waals surface area contributed by atoms with Gasteiger partial charge in [0.15, 0.2) is 0 Å². The monoisotopic (exact) mass is 450 g/mol. The van der Waals surface area contributed by atoms with Crippen molar-refractivity contribution in [3.8, 4) is 5.75 Å². The molecule has 2 N–H and O–H groups in total. The largest absolute Gasteiger partial charge is 0.496 e. The number of nitrogens with one attached hydrogen (secondary N) is 2. The van der Waals surface area contributed by atoms with Gasteiger partial charge in [-0.15, -0.1) is 0 Å². The van der Waals surface area contributed by atoms with Crippen LogP contribution in [-0.2, 0) is 10.0 Å². The summed E-state index contributed by atoms with van der Waals surface area (Å²) in [5, 5.41) is 3.36. The highest BCUT2D eigenvalue weighted by Gasteiger charge is 2.17. The molecule has 0 saturated carbocycles. The highest BCUT2D eigenvalue weighted by atomic mass is 35.5. The van der Waals surface area contributed by atoms with Gasteiger partial charge in [0.2, 0.25) is 0 Å². The smallest absolute Gasteiger partial charge is 0.261 e. The van der Waals surface area contributed by atoms with Crippen LogP contribution in [0.25, 0.3) is 0 Å². The van der Waals surface area contributed by atoms with Gasteiger partial charge in [-0.05, 0) is 54.6 Å². The molecule has 0 aliphatic carbocycles. The molecule has 0 aliphatic rings. The number of rotatable bonds is 6. The third kappa shape index (κ3) is 5.00. The molecule has 0 aliphatic heterocycles. The fraction of sp³-hybridized carbons (Fsp3) is 0.0500. The van der Waals surface area contributed by atoms with Crippen LogP contribution in [0.2, 0.25) is 10.0 Å². The lowest BCUT2D eigenvalue weighted by Gasteiger charge is -2.11. The fourth-order valence-electron chi connectivity index (χ4n) is 2.52. The third-order valence-corrected chi connectivity index (χ3v) is 5.89. The minimum atomic E-state index is -3.83. The van der Waals surface area contributed by atoms with Crippen molar-refractivity contribution in [1.82, 2.24) is 0 Å². The van der Waals surface area contributed by atoms with E-state index >= 15 is 0 Å². The second-order valence-corrected chi connectivity index (χ2v) is 8.43. The minimum Gasteiger partial charge on any atom is -0.496 e. The molecule has 150 valence electrons. The van der Waals surface area contributed by atoms with Crippen LogP contribution in [-0.4, -0.2) is 21.4 Å². The van der Waals surface area contributed by atoms with Crippen molar-refractivity contribution in [2.75, 3.05) is 17.1 Å². The zero-order valence-electron chi connectivity index (χ0n) is 15.1. The highest BCUT2D eigenvalue weighted by Crippen LogP contribution is 2.26. The number of ether oxygens (including phenoxy) is 1. The van der Waals surface area contributed by atoms with Crippen LogP contribution < -0.4 is 14.8 Å². The first-order chi connectivity index (χ1) is 13.8. The Labute approximate surface area is 178 Å². The van der Waals surface area contributed by atoms with Crippen molar-refractivity contribution in [3.05, 3.63) is 82.3 Å². The van der Waals surface area contributed by atoms with Crippen LogP contribution in [0.15, 0.2) is 71.6 Å². The van der Waals surface area contributed by atoms with E-state index in [-0.39, 0.29) is 21.2 Å². The molecular formula is C20H16Cl2N2O4S. The molecule has 3 aromatic carbocycles. The molecule has 3 aromatic rings. The number of methoxy groups -OCH3 is 1. The van der Waals surface area contributed by atoms with Crippen molar-refractivity contribution in [2.24, 2.45) is 0 Å². The van der Waals surface area contributed by atoms with Crippen molar-refractivity contribution in [2.45, 2.75) is 4.90 Å². The molecule has 0 saturated heterocycles. The number of sulfonamides is 1. The summed E-state index contributed by atoms with van der Waals surface area (Å²) in [6.45, 7) is 0. The number of amides is 1. The molecule has 3 rings (SSSR count). The molecule has 1 amide bonds. The van der Waals surface area contributed by atoms with Gasteiger partial charge in [-0.2, -0.15) is 0 Å². The van der Waals surface area contributed by atoms with E-state index in [9.17, 15) is 13.2 Å². The van der Waals surface area contributed by atoms with E-state index < -0.39 is 15.9 Å². The maximum atomic E-state index is 12.5. The molecule has 0 aromatic heterocycles. The number of carbonyl (C=O) groups excluding carboxylic acids is 1. The Morgan fingerprint density at radius 2 is 1.66 bits per heavy atom. The average molecular weight is 451 g/mol. The highest BCUT2D eigenvalue weighted by molar-refractivity contribution is 7.92. The number of halogens is 2. The lowest BCUT2D eigenvalue weighted by atomic mass is 10.2. The first kappa shape index (κ1) is 21.0. The number of hydrogen-bond acceptors (Lipinski definition) is 4. The summed E-state index contributed by atoms with van der Waals surface area (Å²) in [6.07, 6.45) is 0. The maximum absolute atomic E-state index is 12.5. The lowest BCUT2D eigenvalue weighted by Crippen LogP contribution is -2.15. The molecule has 0 atom stereocenters. The van der Waals surface area contributed by atoms with Gasteiger partial charge in [0.1, 0.15) is 5.75 Å². The number of carbonyl (C=O) groups is 1. The molecular weight excluding hydrogens is 435 g/mol. The van der Waals surface area contributed by atoms with Gasteiger partial charge in [-0.1, -0.05) is 35.3 Å². The van der Waals surface area contributed by atoms with Crippen LogP contribution in [0.3, 0.4) is 0 Å². The molecule has 0 heterocycles. The van der Waals surface area contributed by atoms with Gasteiger partial charge in [0.25, 0.3) is 15.9 Å². The van der Waals surface area contributed by atoms with Crippen LogP contribution in [0, 0.1) is 0 Å². The van der Waals surface area contributed by atoms with E-state index in [0.717, 1.165) is 0 Å². The second-order valence-electron chi connectivity index (χ2n) is 5.91. The predicted molar refractivity (Wildman–Crippen MR) is 115 cm³/mol. The van der Waals surface area contributed by atoms with Gasteiger partial charge >= 0.3 is 0 Å². The predicted octanol–water partition coefficient (Wildman–Crippen LogP) is 5.06. The van der Waals surface area contributed by atoms with E-state index in [2.05, 4.69) is 10.0 Å². The molecule has 9 heteroatoms. The molecule has 29 heavy (non-hydrogen) atoms. The number of para-hydroxylation sites is 1. The Hall–Kier alpha value is -2.74. The minimum absolute atomic E-state index is 0.0238. The Bertz CT molecular complexity index is 1150. The van der Waals surface area contributed by atoms with Crippen molar-refractivity contribution < 1.29 is 17.9 Å². The van der Waals surface area contributed by atoms with Gasteiger partial charge in [-0.25, -0.2) is 8.42 Å². The third-order valence-electron chi connectivity index (χ3n) is 3.95. The summed E-state index contributed by atoms with van der Waals surface area (Å²) in [6, 6.07) is 16.9. The Balaban J connectivity index is 1.77.